The molecule has 1 aromatic carbocycles. The summed E-state index contributed by atoms with van der Waals surface area (Å²) in [6, 6.07) is 0. The standard InChI is InChI=1S/C26H42N2O5/c1-16-17(2)22(31)20(18(3)21(16)30)26(9,10)13-19(29)27(11)14-25(7,8)15-28(12)23(32)33-24(4,5)6/h30-31H,2-3,13-15H2,1,4-12H3. The van der Waals surface area contributed by atoms with E-state index in [1.54, 1.807) is 25.9 Å². The van der Waals surface area contributed by atoms with Gasteiger partial charge < -0.3 is 24.7 Å². The zero-order valence-electron chi connectivity index (χ0n) is 22.0. The average Bonchev–Trinajstić information content (AvgIpc) is 2.62. The molecule has 0 spiro atoms. The number of aromatic hydroxyl groups is 2. The van der Waals surface area contributed by atoms with Crippen LogP contribution in [0.1, 0.15) is 66.0 Å². The molecule has 2 amide bonds. The van der Waals surface area contributed by atoms with Crippen molar-refractivity contribution < 1.29 is 24.5 Å². The van der Waals surface area contributed by atoms with Crippen LogP contribution in [-0.2, 0) is 14.9 Å². The number of nitrogens with zero attached hydrogens (tertiary/aromatic N) is 2. The zero-order valence-corrected chi connectivity index (χ0v) is 22.0. The Morgan fingerprint density at radius 2 is 1.36 bits per heavy atom. The summed E-state index contributed by atoms with van der Waals surface area (Å²) >= 11 is 0. The number of rotatable bonds is 7. The molecule has 0 fully saturated rings. The van der Waals surface area contributed by atoms with Crippen LogP contribution in [0.2, 0.25) is 0 Å². The van der Waals surface area contributed by atoms with E-state index in [4.69, 9.17) is 4.74 Å². The molecule has 0 aliphatic rings. The molecule has 1 aromatic rings. The molecule has 7 nitrogen and oxygen atoms in total. The highest BCUT2D eigenvalue weighted by molar-refractivity contribution is 5.78. The monoisotopic (exact) mass is 462 g/mol. The van der Waals surface area contributed by atoms with Gasteiger partial charge in [-0.25, -0.2) is 4.79 Å². The van der Waals surface area contributed by atoms with Crippen LogP contribution in [0, 0.1) is 12.3 Å². The minimum Gasteiger partial charge on any atom is -0.507 e. The summed E-state index contributed by atoms with van der Waals surface area (Å²) in [5.74, 6) is -0.194. The molecule has 0 bridgehead atoms. The van der Waals surface area contributed by atoms with E-state index in [-0.39, 0.29) is 29.2 Å². The van der Waals surface area contributed by atoms with Gasteiger partial charge in [0.05, 0.1) is 0 Å². The minimum absolute atomic E-state index is 0.0204. The lowest BCUT2D eigenvalue weighted by Crippen LogP contribution is -2.45. The Labute approximate surface area is 198 Å². The van der Waals surface area contributed by atoms with Gasteiger partial charge in [-0.1, -0.05) is 40.9 Å². The molecular formula is C26H42N2O5. The van der Waals surface area contributed by atoms with E-state index in [9.17, 15) is 19.8 Å². The maximum atomic E-state index is 13.1. The van der Waals surface area contributed by atoms with Crippen molar-refractivity contribution in [2.75, 3.05) is 27.2 Å². The summed E-state index contributed by atoms with van der Waals surface area (Å²) in [6.45, 7) is 23.3. The van der Waals surface area contributed by atoms with Crippen LogP contribution >= 0.6 is 0 Å². The first kappa shape index (κ1) is 28.3. The number of carbonyl (C=O) groups is 2. The van der Waals surface area contributed by atoms with Crippen LogP contribution in [-0.4, -0.2) is 64.8 Å². The van der Waals surface area contributed by atoms with E-state index in [0.717, 1.165) is 0 Å². The van der Waals surface area contributed by atoms with Gasteiger partial charge in [-0.15, -0.1) is 0 Å². The fourth-order valence-corrected chi connectivity index (χ4v) is 4.12. The molecule has 0 radical (unpaired) electrons. The lowest BCUT2D eigenvalue weighted by Gasteiger charge is -2.36. The molecule has 0 aromatic heterocycles. The lowest BCUT2D eigenvalue weighted by molar-refractivity contribution is -0.132. The highest BCUT2D eigenvalue weighted by Gasteiger charge is 2.33. The van der Waals surface area contributed by atoms with E-state index < -0.39 is 17.1 Å². The van der Waals surface area contributed by atoms with Crippen LogP contribution in [0.15, 0.2) is 0 Å². The Hall–Kier alpha value is -2.70. The van der Waals surface area contributed by atoms with Crippen molar-refractivity contribution >= 4 is 25.2 Å². The Morgan fingerprint density at radius 1 is 0.879 bits per heavy atom. The number of ether oxygens (including phenoxy) is 1. The molecule has 0 aliphatic heterocycles. The van der Waals surface area contributed by atoms with Crippen LogP contribution in [0.4, 0.5) is 4.79 Å². The molecule has 0 heterocycles. The number of carbonyl (C=O) groups excluding carboxylic acids is 2. The Balaban J connectivity index is 2.99. The molecule has 0 saturated heterocycles. The third-order valence-electron chi connectivity index (χ3n) is 5.65. The second kappa shape index (κ2) is 9.65. The third-order valence-corrected chi connectivity index (χ3v) is 5.65. The summed E-state index contributed by atoms with van der Waals surface area (Å²) < 4.78 is 5.41. The fraction of sp³-hybridized carbons (Fsp3) is 0.615. The zero-order chi connectivity index (χ0) is 26.1. The number of hydrogen-bond donors (Lipinski definition) is 2. The number of benzene rings is 1. The van der Waals surface area contributed by atoms with Gasteiger partial charge in [0.25, 0.3) is 0 Å². The largest absolute Gasteiger partial charge is 0.507 e. The molecule has 1 rings (SSSR count). The quantitative estimate of drug-likeness (QED) is 0.607. The van der Waals surface area contributed by atoms with Crippen LogP contribution in [0.5, 0.6) is 11.5 Å². The van der Waals surface area contributed by atoms with Gasteiger partial charge in [-0.3, -0.25) is 4.79 Å². The van der Waals surface area contributed by atoms with Crippen LogP contribution in [0.25, 0.3) is 13.2 Å². The first-order valence-corrected chi connectivity index (χ1v) is 11.1. The summed E-state index contributed by atoms with van der Waals surface area (Å²) in [4.78, 5) is 28.6. The molecule has 2 N–H and O–H groups in total. The molecule has 7 heteroatoms. The molecular weight excluding hydrogens is 420 g/mol. The maximum Gasteiger partial charge on any atom is 0.410 e. The van der Waals surface area contributed by atoms with Gasteiger partial charge in [-0.2, -0.15) is 0 Å². The number of phenols is 2. The Kier molecular flexibility index (Phi) is 8.29. The second-order valence-electron chi connectivity index (χ2n) is 11.5. The smallest absolute Gasteiger partial charge is 0.410 e. The van der Waals surface area contributed by atoms with E-state index in [1.165, 1.54) is 4.90 Å². The van der Waals surface area contributed by atoms with Crippen molar-refractivity contribution in [2.45, 2.75) is 72.8 Å². The van der Waals surface area contributed by atoms with Gasteiger partial charge >= 0.3 is 6.09 Å². The van der Waals surface area contributed by atoms with E-state index in [1.807, 2.05) is 48.5 Å². The molecule has 0 saturated carbocycles. The van der Waals surface area contributed by atoms with Gasteiger partial charge in [0.2, 0.25) is 5.91 Å². The highest BCUT2D eigenvalue weighted by atomic mass is 16.6. The van der Waals surface area contributed by atoms with Crippen LogP contribution < -0.4 is 10.4 Å². The van der Waals surface area contributed by atoms with E-state index >= 15 is 0 Å². The summed E-state index contributed by atoms with van der Waals surface area (Å²) in [7, 11) is 3.40. The van der Waals surface area contributed by atoms with Crippen molar-refractivity contribution in [1.29, 1.82) is 0 Å². The van der Waals surface area contributed by atoms with Gasteiger partial charge in [0.15, 0.2) is 0 Å². The Morgan fingerprint density at radius 3 is 1.85 bits per heavy atom. The van der Waals surface area contributed by atoms with Gasteiger partial charge in [-0.05, 0) is 27.7 Å². The van der Waals surface area contributed by atoms with E-state index in [0.29, 0.717) is 34.7 Å². The van der Waals surface area contributed by atoms with Crippen molar-refractivity contribution in [3.63, 3.8) is 0 Å². The van der Waals surface area contributed by atoms with Crippen LogP contribution in [0.3, 0.4) is 0 Å². The number of hydrogen-bond acceptors (Lipinski definition) is 5. The van der Waals surface area contributed by atoms with Crippen molar-refractivity contribution in [1.82, 2.24) is 9.80 Å². The average molecular weight is 463 g/mol. The first-order valence-electron chi connectivity index (χ1n) is 11.1. The predicted molar refractivity (Wildman–Crippen MR) is 133 cm³/mol. The summed E-state index contributed by atoms with van der Waals surface area (Å²) in [6.07, 6.45) is -0.313. The normalized spacial score (nSPS) is 12.4. The van der Waals surface area contributed by atoms with Crippen molar-refractivity contribution in [3.05, 3.63) is 21.6 Å². The van der Waals surface area contributed by atoms with Gasteiger partial charge in [0.1, 0.15) is 17.1 Å². The Bertz CT molecular complexity index is 1010. The summed E-state index contributed by atoms with van der Waals surface area (Å²) in [5, 5.41) is 21.7. The minimum atomic E-state index is -0.790. The SMILES string of the molecule is C=c1c(C)c(O)c(=C)c(C(C)(C)CC(=O)N(C)CC(C)(C)CN(C)C(=O)OC(C)(C)C)c1O. The maximum absolute atomic E-state index is 13.1. The molecule has 0 atom stereocenters. The first-order chi connectivity index (χ1) is 14.7. The fourth-order valence-electron chi connectivity index (χ4n) is 4.12. The predicted octanol–water partition coefficient (Wildman–Crippen LogP) is 3.25. The van der Waals surface area contributed by atoms with Crippen molar-refractivity contribution in [3.8, 4) is 11.5 Å². The second-order valence-corrected chi connectivity index (χ2v) is 11.5. The number of amides is 2. The topological polar surface area (TPSA) is 90.3 Å². The van der Waals surface area contributed by atoms with E-state index in [2.05, 4.69) is 13.2 Å². The summed E-state index contributed by atoms with van der Waals surface area (Å²) in [5.41, 5.74) is -0.869. The van der Waals surface area contributed by atoms with Crippen molar-refractivity contribution in [2.24, 2.45) is 5.41 Å². The molecule has 0 unspecified atom stereocenters. The third kappa shape index (κ3) is 7.14. The molecule has 186 valence electrons. The molecule has 33 heavy (non-hydrogen) atoms. The van der Waals surface area contributed by atoms with Gasteiger partial charge in [0, 0.05) is 66.0 Å². The number of phenolic OH excluding ortho intramolecular Hbond substituents is 2. The molecule has 0 aliphatic carbocycles. The lowest BCUT2D eigenvalue weighted by atomic mass is 9.78. The highest BCUT2D eigenvalue weighted by Crippen LogP contribution is 2.32.